The lowest BCUT2D eigenvalue weighted by Crippen LogP contribution is -2.39. The molecule has 2 amide bonds. The number of nitrogens with zero attached hydrogens (tertiary/aromatic N) is 2. The van der Waals surface area contributed by atoms with Crippen LogP contribution in [0.3, 0.4) is 0 Å². The fraction of sp³-hybridized carbons (Fsp3) is 0.222. The molecule has 3 rings (SSSR count). The highest BCUT2D eigenvalue weighted by Crippen LogP contribution is 2.25. The van der Waals surface area contributed by atoms with E-state index in [1.807, 2.05) is 13.8 Å². The normalized spacial score (nSPS) is 10.6. The molecule has 0 spiro atoms. The predicted octanol–water partition coefficient (Wildman–Crippen LogP) is 2.31. The lowest BCUT2D eigenvalue weighted by molar-refractivity contribution is 0.0600. The molecule has 2 N–H and O–H groups in total. The number of fused-ring (bicyclic) bond motifs is 1. The van der Waals surface area contributed by atoms with E-state index in [0.717, 1.165) is 20.7 Å². The number of esters is 1. The Morgan fingerprint density at radius 1 is 1.22 bits per heavy atom. The number of benzene rings is 1. The lowest BCUT2D eigenvalue weighted by Gasteiger charge is -2.10. The Morgan fingerprint density at radius 3 is 2.59 bits per heavy atom. The molecule has 140 valence electrons. The summed E-state index contributed by atoms with van der Waals surface area (Å²) in [7, 11) is 1.31. The third-order valence-electron chi connectivity index (χ3n) is 4.14. The summed E-state index contributed by atoms with van der Waals surface area (Å²) in [4.78, 5) is 42.0. The van der Waals surface area contributed by atoms with Gasteiger partial charge in [-0.25, -0.2) is 24.7 Å². The van der Waals surface area contributed by atoms with Gasteiger partial charge in [-0.05, 0) is 37.1 Å². The van der Waals surface area contributed by atoms with Crippen molar-refractivity contribution in [3.63, 3.8) is 0 Å². The Bertz CT molecular complexity index is 1070. The van der Waals surface area contributed by atoms with E-state index in [-0.39, 0.29) is 12.1 Å². The standard InChI is InChI=1S/C18H18N4O4S/c1-10-11(2)27-15-14(10)16(23)22(9-20-15)21-18(25)19-8-12-4-6-13(7-5-12)17(24)26-3/h4-7,9H,8H2,1-3H3,(H2,19,21,25). The third kappa shape index (κ3) is 3.82. The van der Waals surface area contributed by atoms with Crippen LogP contribution in [-0.2, 0) is 11.3 Å². The number of methoxy groups -OCH3 is 1. The van der Waals surface area contributed by atoms with E-state index >= 15 is 0 Å². The van der Waals surface area contributed by atoms with Gasteiger partial charge in [0.1, 0.15) is 11.2 Å². The van der Waals surface area contributed by atoms with E-state index < -0.39 is 12.0 Å². The molecule has 2 heterocycles. The van der Waals surface area contributed by atoms with Crippen molar-refractivity contribution in [2.24, 2.45) is 0 Å². The van der Waals surface area contributed by atoms with Crippen LogP contribution >= 0.6 is 11.3 Å². The van der Waals surface area contributed by atoms with Gasteiger partial charge in [0.15, 0.2) is 0 Å². The average Bonchev–Trinajstić information content (AvgIpc) is 2.97. The van der Waals surface area contributed by atoms with Gasteiger partial charge in [-0.15, -0.1) is 11.3 Å². The number of aromatic nitrogens is 2. The molecule has 0 aliphatic heterocycles. The maximum Gasteiger partial charge on any atom is 0.337 e. The van der Waals surface area contributed by atoms with Crippen LogP contribution < -0.4 is 16.3 Å². The van der Waals surface area contributed by atoms with Crippen LogP contribution in [0.15, 0.2) is 35.4 Å². The van der Waals surface area contributed by atoms with Gasteiger partial charge in [0.25, 0.3) is 5.56 Å². The highest BCUT2D eigenvalue weighted by molar-refractivity contribution is 7.18. The zero-order valence-electron chi connectivity index (χ0n) is 15.0. The average molecular weight is 386 g/mol. The minimum Gasteiger partial charge on any atom is -0.465 e. The van der Waals surface area contributed by atoms with Crippen LogP contribution in [0.5, 0.6) is 0 Å². The fourth-order valence-electron chi connectivity index (χ4n) is 2.52. The van der Waals surface area contributed by atoms with Gasteiger partial charge in [0.05, 0.1) is 18.1 Å². The van der Waals surface area contributed by atoms with E-state index in [4.69, 9.17) is 0 Å². The highest BCUT2D eigenvalue weighted by atomic mass is 32.1. The SMILES string of the molecule is COC(=O)c1ccc(CNC(=O)Nn2cnc3sc(C)c(C)c3c2=O)cc1. The number of amides is 2. The lowest BCUT2D eigenvalue weighted by atomic mass is 10.1. The molecular weight excluding hydrogens is 368 g/mol. The molecule has 0 atom stereocenters. The summed E-state index contributed by atoms with van der Waals surface area (Å²) < 4.78 is 5.70. The molecule has 0 saturated carbocycles. The Hall–Kier alpha value is -3.20. The molecule has 0 saturated heterocycles. The first-order valence-electron chi connectivity index (χ1n) is 8.10. The first kappa shape index (κ1) is 18.6. The summed E-state index contributed by atoms with van der Waals surface area (Å²) in [6.45, 7) is 4.02. The smallest absolute Gasteiger partial charge is 0.337 e. The number of carbonyl (C=O) groups is 2. The van der Waals surface area contributed by atoms with Gasteiger partial charge in [0.2, 0.25) is 0 Å². The van der Waals surface area contributed by atoms with Crippen LogP contribution in [0.25, 0.3) is 10.2 Å². The van der Waals surface area contributed by atoms with E-state index in [1.165, 1.54) is 24.8 Å². The number of rotatable bonds is 4. The third-order valence-corrected chi connectivity index (χ3v) is 5.26. The number of ether oxygens (including phenoxy) is 1. The van der Waals surface area contributed by atoms with Gasteiger partial charge in [-0.3, -0.25) is 4.79 Å². The molecule has 2 aromatic heterocycles. The van der Waals surface area contributed by atoms with Crippen molar-refractivity contribution < 1.29 is 14.3 Å². The van der Waals surface area contributed by atoms with Crippen molar-refractivity contribution in [2.75, 3.05) is 12.5 Å². The van der Waals surface area contributed by atoms with E-state index in [2.05, 4.69) is 20.5 Å². The zero-order chi connectivity index (χ0) is 19.6. The van der Waals surface area contributed by atoms with Gasteiger partial charge < -0.3 is 10.1 Å². The van der Waals surface area contributed by atoms with E-state index in [9.17, 15) is 14.4 Å². The number of aryl methyl sites for hydroxylation is 2. The first-order valence-corrected chi connectivity index (χ1v) is 8.92. The second-order valence-corrected chi connectivity index (χ2v) is 7.07. The van der Waals surface area contributed by atoms with Gasteiger partial charge >= 0.3 is 12.0 Å². The number of thiophene rings is 1. The van der Waals surface area contributed by atoms with Crippen molar-refractivity contribution in [3.8, 4) is 0 Å². The van der Waals surface area contributed by atoms with E-state index in [1.54, 1.807) is 24.3 Å². The summed E-state index contributed by atoms with van der Waals surface area (Å²) in [5.41, 5.74) is 4.24. The van der Waals surface area contributed by atoms with Gasteiger partial charge in [0, 0.05) is 11.4 Å². The Kier molecular flexibility index (Phi) is 5.22. The molecule has 1 aromatic carbocycles. The van der Waals surface area contributed by atoms with Crippen LogP contribution in [0, 0.1) is 13.8 Å². The van der Waals surface area contributed by atoms with Crippen molar-refractivity contribution in [3.05, 3.63) is 62.5 Å². The quantitative estimate of drug-likeness (QED) is 0.670. The molecule has 0 bridgehead atoms. The monoisotopic (exact) mass is 386 g/mol. The van der Waals surface area contributed by atoms with Crippen LogP contribution in [0.4, 0.5) is 4.79 Å². The first-order chi connectivity index (χ1) is 12.9. The zero-order valence-corrected chi connectivity index (χ0v) is 15.8. The van der Waals surface area contributed by atoms with Crippen molar-refractivity contribution in [1.82, 2.24) is 15.0 Å². The maximum absolute atomic E-state index is 12.5. The molecule has 9 heteroatoms. The number of hydrogen-bond acceptors (Lipinski definition) is 6. The predicted molar refractivity (Wildman–Crippen MR) is 103 cm³/mol. The van der Waals surface area contributed by atoms with Crippen LogP contribution in [0.2, 0.25) is 0 Å². The molecule has 27 heavy (non-hydrogen) atoms. The highest BCUT2D eigenvalue weighted by Gasteiger charge is 2.13. The summed E-state index contributed by atoms with van der Waals surface area (Å²) in [5, 5.41) is 3.17. The maximum atomic E-state index is 12.5. The molecule has 0 aliphatic rings. The minimum absolute atomic E-state index is 0.230. The number of carbonyl (C=O) groups excluding carboxylic acids is 2. The molecule has 0 aliphatic carbocycles. The summed E-state index contributed by atoms with van der Waals surface area (Å²) in [6.07, 6.45) is 1.30. The Labute approximate surface area is 158 Å². The number of hydrogen-bond donors (Lipinski definition) is 2. The van der Waals surface area contributed by atoms with Crippen molar-refractivity contribution >= 4 is 33.6 Å². The molecule has 0 fully saturated rings. The van der Waals surface area contributed by atoms with Crippen molar-refractivity contribution in [1.29, 1.82) is 0 Å². The second kappa shape index (κ2) is 7.58. The second-order valence-electron chi connectivity index (χ2n) is 5.87. The number of urea groups is 1. The topological polar surface area (TPSA) is 102 Å². The fourth-order valence-corrected chi connectivity index (χ4v) is 3.51. The van der Waals surface area contributed by atoms with Crippen LogP contribution in [-0.4, -0.2) is 28.8 Å². The van der Waals surface area contributed by atoms with Crippen LogP contribution in [0.1, 0.15) is 26.4 Å². The molecular formula is C18H18N4O4S. The summed E-state index contributed by atoms with van der Waals surface area (Å²) in [6, 6.07) is 6.11. The largest absolute Gasteiger partial charge is 0.465 e. The molecule has 0 unspecified atom stereocenters. The summed E-state index contributed by atoms with van der Waals surface area (Å²) in [5.74, 6) is -0.423. The number of nitrogens with one attached hydrogen (secondary N) is 2. The van der Waals surface area contributed by atoms with Gasteiger partial charge in [-0.2, -0.15) is 0 Å². The van der Waals surface area contributed by atoms with Crippen molar-refractivity contribution in [2.45, 2.75) is 20.4 Å². The molecule has 3 aromatic rings. The Morgan fingerprint density at radius 2 is 1.93 bits per heavy atom. The van der Waals surface area contributed by atoms with Gasteiger partial charge in [-0.1, -0.05) is 12.1 Å². The molecule has 8 nitrogen and oxygen atoms in total. The molecule has 0 radical (unpaired) electrons. The minimum atomic E-state index is -0.542. The Balaban J connectivity index is 1.67. The summed E-state index contributed by atoms with van der Waals surface area (Å²) >= 11 is 1.45. The van der Waals surface area contributed by atoms with E-state index in [0.29, 0.717) is 15.8 Å².